The number of aliphatic hydroxyl groups is 1. The van der Waals surface area contributed by atoms with Gasteiger partial charge in [-0.2, -0.15) is 0 Å². The molecule has 0 spiro atoms. The minimum absolute atomic E-state index is 0.113. The van der Waals surface area contributed by atoms with Crippen LogP contribution >= 0.6 is 11.3 Å². The van der Waals surface area contributed by atoms with Crippen molar-refractivity contribution in [1.29, 1.82) is 0 Å². The third-order valence-electron chi connectivity index (χ3n) is 5.06. The number of amides is 1. The molecule has 2 aromatic heterocycles. The fraction of sp³-hybridized carbons (Fsp3) is 0.217. The Morgan fingerprint density at radius 1 is 1.24 bits per heavy atom. The minimum atomic E-state index is -1.07. The molecular weight excluding hydrogens is 448 g/mol. The quantitative estimate of drug-likeness (QED) is 0.251. The molecule has 1 aliphatic heterocycles. The molecular formula is C23H20N2O7S. The molecule has 3 heterocycles. The lowest BCUT2D eigenvalue weighted by Gasteiger charge is -2.20. The monoisotopic (exact) mass is 468 g/mol. The van der Waals surface area contributed by atoms with Crippen molar-refractivity contribution in [3.63, 3.8) is 0 Å². The number of ketones is 1. The third-order valence-corrected chi connectivity index (χ3v) is 6.19. The molecule has 3 aromatic rings. The summed E-state index contributed by atoms with van der Waals surface area (Å²) in [6, 6.07) is 8.64. The van der Waals surface area contributed by atoms with E-state index in [-0.39, 0.29) is 27.1 Å². The van der Waals surface area contributed by atoms with Gasteiger partial charge in [-0.1, -0.05) is 11.3 Å². The van der Waals surface area contributed by atoms with Gasteiger partial charge in [-0.15, -0.1) is 0 Å². The number of methoxy groups -OCH3 is 1. The van der Waals surface area contributed by atoms with Crippen LogP contribution in [0.25, 0.3) is 5.76 Å². The second kappa shape index (κ2) is 8.91. The zero-order chi connectivity index (χ0) is 23.7. The number of ether oxygens (including phenoxy) is 2. The number of carbonyl (C=O) groups is 3. The second-order valence-corrected chi connectivity index (χ2v) is 8.02. The van der Waals surface area contributed by atoms with Crippen molar-refractivity contribution in [3.8, 4) is 5.75 Å². The van der Waals surface area contributed by atoms with Crippen molar-refractivity contribution in [3.05, 3.63) is 70.1 Å². The van der Waals surface area contributed by atoms with Gasteiger partial charge in [0.15, 0.2) is 5.13 Å². The molecule has 0 radical (unpaired) electrons. The van der Waals surface area contributed by atoms with Crippen molar-refractivity contribution in [2.45, 2.75) is 19.9 Å². The number of carbonyl (C=O) groups excluding carboxylic acids is 3. The van der Waals surface area contributed by atoms with E-state index in [1.54, 1.807) is 43.3 Å². The standard InChI is InChI=1S/C23H20N2O7S/c1-4-31-14-9-7-13(8-10-14)18(26)16-17(15-6-5-11-32-15)25(21(28)19(16)27)23-24-12(2)20(33-23)22(29)30-3/h5-11,17,26H,4H2,1-3H3/b18-16+/t17-/m0/s1. The van der Waals surface area contributed by atoms with Gasteiger partial charge in [0.25, 0.3) is 5.78 Å². The molecule has 0 aliphatic carbocycles. The summed E-state index contributed by atoms with van der Waals surface area (Å²) >= 11 is 0.918. The SMILES string of the molecule is CCOc1ccc(/C(O)=C2\C(=O)C(=O)N(c3nc(C)c(C(=O)OC)s3)[C@H]2c2ccco2)cc1. The Labute approximate surface area is 192 Å². The van der Waals surface area contributed by atoms with E-state index in [1.807, 2.05) is 6.92 Å². The van der Waals surface area contributed by atoms with Crippen molar-refractivity contribution in [2.24, 2.45) is 0 Å². The van der Waals surface area contributed by atoms with E-state index in [0.717, 1.165) is 16.2 Å². The summed E-state index contributed by atoms with van der Waals surface area (Å²) in [4.78, 5) is 43.8. The van der Waals surface area contributed by atoms with Gasteiger partial charge in [-0.05, 0) is 50.2 Å². The van der Waals surface area contributed by atoms with Crippen LogP contribution in [0.1, 0.15) is 39.7 Å². The Hall–Kier alpha value is -3.92. The average Bonchev–Trinajstić information content (AvgIpc) is 3.53. The van der Waals surface area contributed by atoms with Gasteiger partial charge >= 0.3 is 11.9 Å². The van der Waals surface area contributed by atoms with E-state index in [1.165, 1.54) is 13.4 Å². The number of aliphatic hydroxyl groups excluding tert-OH is 1. The predicted molar refractivity (Wildman–Crippen MR) is 119 cm³/mol. The van der Waals surface area contributed by atoms with E-state index in [9.17, 15) is 19.5 Å². The summed E-state index contributed by atoms with van der Waals surface area (Å²) in [5.74, 6) is -1.89. The zero-order valence-electron chi connectivity index (χ0n) is 18.0. The fourth-order valence-electron chi connectivity index (χ4n) is 3.54. The molecule has 4 rings (SSSR count). The summed E-state index contributed by atoms with van der Waals surface area (Å²) in [6.45, 7) is 3.94. The third kappa shape index (κ3) is 3.89. The first-order chi connectivity index (χ1) is 15.9. The van der Waals surface area contributed by atoms with E-state index in [2.05, 4.69) is 4.98 Å². The van der Waals surface area contributed by atoms with Gasteiger partial charge in [0.2, 0.25) is 0 Å². The molecule has 0 saturated carbocycles. The lowest BCUT2D eigenvalue weighted by atomic mass is 9.99. The molecule has 1 aromatic carbocycles. The van der Waals surface area contributed by atoms with Gasteiger partial charge in [0.1, 0.15) is 28.2 Å². The van der Waals surface area contributed by atoms with Gasteiger partial charge in [0, 0.05) is 5.56 Å². The lowest BCUT2D eigenvalue weighted by Crippen LogP contribution is -2.29. The Bertz CT molecular complexity index is 1240. The van der Waals surface area contributed by atoms with E-state index in [0.29, 0.717) is 23.6 Å². The molecule has 33 heavy (non-hydrogen) atoms. The number of anilines is 1. The summed E-state index contributed by atoms with van der Waals surface area (Å²) in [5.41, 5.74) is 0.540. The molecule has 10 heteroatoms. The molecule has 170 valence electrons. The maximum absolute atomic E-state index is 13.1. The Morgan fingerprint density at radius 3 is 2.58 bits per heavy atom. The molecule has 1 saturated heterocycles. The molecule has 0 unspecified atom stereocenters. The predicted octanol–water partition coefficient (Wildman–Crippen LogP) is 3.86. The van der Waals surface area contributed by atoms with Crippen molar-refractivity contribution < 1.29 is 33.4 Å². The number of aryl methyl sites for hydroxylation is 1. The number of rotatable bonds is 6. The van der Waals surface area contributed by atoms with Gasteiger partial charge in [-0.3, -0.25) is 14.5 Å². The molecule has 0 bridgehead atoms. The highest BCUT2D eigenvalue weighted by atomic mass is 32.1. The maximum Gasteiger partial charge on any atom is 0.350 e. The number of nitrogens with zero attached hydrogens (tertiary/aromatic N) is 2. The Morgan fingerprint density at radius 2 is 1.97 bits per heavy atom. The first-order valence-corrected chi connectivity index (χ1v) is 10.8. The van der Waals surface area contributed by atoms with Gasteiger partial charge in [0.05, 0.1) is 31.2 Å². The molecule has 1 atom stereocenters. The normalized spacial score (nSPS) is 17.4. The lowest BCUT2D eigenvalue weighted by molar-refractivity contribution is -0.132. The second-order valence-electron chi connectivity index (χ2n) is 7.04. The fourth-order valence-corrected chi connectivity index (χ4v) is 4.56. The number of hydrogen-bond acceptors (Lipinski definition) is 9. The van der Waals surface area contributed by atoms with Crippen molar-refractivity contribution in [2.75, 3.05) is 18.6 Å². The molecule has 9 nitrogen and oxygen atoms in total. The maximum atomic E-state index is 13.1. The van der Waals surface area contributed by atoms with E-state index < -0.39 is 23.7 Å². The van der Waals surface area contributed by atoms with E-state index in [4.69, 9.17) is 13.9 Å². The zero-order valence-corrected chi connectivity index (χ0v) is 18.8. The summed E-state index contributed by atoms with van der Waals surface area (Å²) < 4.78 is 15.7. The molecule has 1 aliphatic rings. The number of benzene rings is 1. The van der Waals surface area contributed by atoms with Crippen LogP contribution in [0.5, 0.6) is 5.75 Å². The summed E-state index contributed by atoms with van der Waals surface area (Å²) in [5, 5.41) is 11.2. The Kier molecular flexibility index (Phi) is 6.01. The van der Waals surface area contributed by atoms with Crippen LogP contribution in [0.2, 0.25) is 0 Å². The van der Waals surface area contributed by atoms with Crippen molar-refractivity contribution >= 4 is 39.9 Å². The highest BCUT2D eigenvalue weighted by Crippen LogP contribution is 2.44. The van der Waals surface area contributed by atoms with Crippen LogP contribution in [0.3, 0.4) is 0 Å². The Balaban J connectivity index is 1.85. The van der Waals surface area contributed by atoms with Gasteiger partial charge in [-0.25, -0.2) is 9.78 Å². The summed E-state index contributed by atoms with van der Waals surface area (Å²) in [7, 11) is 1.24. The number of aromatic nitrogens is 1. The molecule has 1 N–H and O–H groups in total. The van der Waals surface area contributed by atoms with Crippen LogP contribution in [-0.2, 0) is 14.3 Å². The van der Waals surface area contributed by atoms with Crippen LogP contribution in [0, 0.1) is 6.92 Å². The number of furan rings is 1. The smallest absolute Gasteiger partial charge is 0.350 e. The highest BCUT2D eigenvalue weighted by Gasteiger charge is 2.49. The highest BCUT2D eigenvalue weighted by molar-refractivity contribution is 7.17. The van der Waals surface area contributed by atoms with Crippen molar-refractivity contribution in [1.82, 2.24) is 4.98 Å². The first-order valence-electron chi connectivity index (χ1n) is 10.0. The number of hydrogen-bond donors (Lipinski definition) is 1. The van der Waals surface area contributed by atoms with Crippen LogP contribution in [0.15, 0.2) is 52.7 Å². The van der Waals surface area contributed by atoms with E-state index >= 15 is 0 Å². The molecule has 1 fully saturated rings. The number of Topliss-reactive ketones (excluding diaryl/α,β-unsaturated/α-hetero) is 1. The minimum Gasteiger partial charge on any atom is -0.507 e. The van der Waals surface area contributed by atoms with Crippen LogP contribution in [-0.4, -0.2) is 41.5 Å². The van der Waals surface area contributed by atoms with Gasteiger partial charge < -0.3 is 19.0 Å². The molecule has 1 amide bonds. The number of esters is 1. The topological polar surface area (TPSA) is 119 Å². The first kappa shape index (κ1) is 22.3. The van der Waals surface area contributed by atoms with Crippen LogP contribution in [0.4, 0.5) is 5.13 Å². The average molecular weight is 468 g/mol. The van der Waals surface area contributed by atoms with Crippen LogP contribution < -0.4 is 9.64 Å². The number of thiazole rings is 1. The largest absolute Gasteiger partial charge is 0.507 e. The summed E-state index contributed by atoms with van der Waals surface area (Å²) in [6.07, 6.45) is 1.40.